The number of carboxylic acids is 1. The molecule has 1 aromatic rings. The molecule has 1 rings (SSSR count). The van der Waals surface area contributed by atoms with Gasteiger partial charge >= 0.3 is 5.97 Å². The van der Waals surface area contributed by atoms with E-state index in [1.165, 1.54) is 0 Å². The number of amides is 1. The van der Waals surface area contributed by atoms with E-state index in [2.05, 4.69) is 5.32 Å². The maximum atomic E-state index is 11.7. The number of hydrogen-bond donors (Lipinski definition) is 2. The van der Waals surface area contributed by atoms with Crippen LogP contribution in [0.4, 0.5) is 0 Å². The summed E-state index contributed by atoms with van der Waals surface area (Å²) in [4.78, 5) is 22.9. The summed E-state index contributed by atoms with van der Waals surface area (Å²) in [6, 6.07) is 8.30. The highest BCUT2D eigenvalue weighted by molar-refractivity contribution is 5.83. The maximum absolute atomic E-state index is 11.7. The zero-order valence-electron chi connectivity index (χ0n) is 11.8. The molecule has 1 amide bonds. The van der Waals surface area contributed by atoms with Crippen LogP contribution in [0.1, 0.15) is 25.8 Å². The third-order valence-electron chi connectivity index (χ3n) is 2.70. The molecule has 0 heterocycles. The Morgan fingerprint density at radius 2 is 1.90 bits per heavy atom. The van der Waals surface area contributed by atoms with E-state index in [0.717, 1.165) is 5.56 Å². The molecular weight excluding hydrogens is 258 g/mol. The lowest BCUT2D eigenvalue weighted by molar-refractivity contribution is -0.142. The maximum Gasteiger partial charge on any atom is 0.326 e. The summed E-state index contributed by atoms with van der Waals surface area (Å²) in [5.74, 6) is -1.35. The Hall–Kier alpha value is -1.88. The average Bonchev–Trinajstić information content (AvgIpc) is 2.38. The quantitative estimate of drug-likeness (QED) is 0.758. The molecule has 0 aromatic heterocycles. The smallest absolute Gasteiger partial charge is 0.326 e. The lowest BCUT2D eigenvalue weighted by Gasteiger charge is -2.15. The number of carbonyl (C=O) groups is 2. The number of aliphatic carboxylic acids is 1. The second-order valence-electron chi connectivity index (χ2n) is 4.82. The fourth-order valence-corrected chi connectivity index (χ4v) is 1.70. The van der Waals surface area contributed by atoms with Crippen LogP contribution in [-0.2, 0) is 20.7 Å². The highest BCUT2D eigenvalue weighted by Crippen LogP contribution is 2.04. The van der Waals surface area contributed by atoms with E-state index in [1.54, 1.807) is 0 Å². The highest BCUT2D eigenvalue weighted by Gasteiger charge is 2.20. The van der Waals surface area contributed by atoms with Crippen LogP contribution in [0.2, 0.25) is 0 Å². The first-order chi connectivity index (χ1) is 9.49. The summed E-state index contributed by atoms with van der Waals surface area (Å²) in [6.07, 6.45) is 0.492. The van der Waals surface area contributed by atoms with Crippen molar-refractivity contribution < 1.29 is 19.4 Å². The van der Waals surface area contributed by atoms with Crippen molar-refractivity contribution in [2.45, 2.75) is 38.8 Å². The zero-order valence-corrected chi connectivity index (χ0v) is 11.8. The summed E-state index contributed by atoms with van der Waals surface area (Å²) in [7, 11) is 0. The number of hydrogen-bond acceptors (Lipinski definition) is 3. The molecule has 2 N–H and O–H groups in total. The van der Waals surface area contributed by atoms with Crippen LogP contribution in [0.15, 0.2) is 30.3 Å². The van der Waals surface area contributed by atoms with Crippen molar-refractivity contribution in [2.75, 3.05) is 6.61 Å². The Labute approximate surface area is 118 Å². The Morgan fingerprint density at radius 1 is 1.25 bits per heavy atom. The molecule has 20 heavy (non-hydrogen) atoms. The minimum atomic E-state index is -1.04. The fourth-order valence-electron chi connectivity index (χ4n) is 1.70. The van der Waals surface area contributed by atoms with Gasteiger partial charge in [-0.2, -0.15) is 0 Å². The van der Waals surface area contributed by atoms with E-state index in [9.17, 15) is 9.59 Å². The molecule has 5 heteroatoms. The molecule has 0 unspecified atom stereocenters. The topological polar surface area (TPSA) is 75.6 Å². The predicted molar refractivity (Wildman–Crippen MR) is 75.4 cm³/mol. The van der Waals surface area contributed by atoms with E-state index in [-0.39, 0.29) is 24.9 Å². The molecule has 0 aliphatic heterocycles. The van der Waals surface area contributed by atoms with E-state index in [1.807, 2.05) is 44.2 Å². The lowest BCUT2D eigenvalue weighted by atomic mass is 10.1. The predicted octanol–water partition coefficient (Wildman–Crippen LogP) is 1.61. The monoisotopic (exact) mass is 279 g/mol. The van der Waals surface area contributed by atoms with Crippen LogP contribution in [0.5, 0.6) is 0 Å². The Morgan fingerprint density at radius 3 is 2.45 bits per heavy atom. The van der Waals surface area contributed by atoms with E-state index >= 15 is 0 Å². The molecular formula is C15H21NO4. The first-order valence-corrected chi connectivity index (χ1v) is 6.66. The van der Waals surface area contributed by atoms with Crippen molar-refractivity contribution in [2.24, 2.45) is 0 Å². The summed E-state index contributed by atoms with van der Waals surface area (Å²) in [6.45, 7) is 4.06. The number of benzene rings is 1. The van der Waals surface area contributed by atoms with Gasteiger partial charge in [0.25, 0.3) is 0 Å². The van der Waals surface area contributed by atoms with Gasteiger partial charge in [-0.25, -0.2) is 4.79 Å². The van der Waals surface area contributed by atoms with Gasteiger partial charge in [0.05, 0.1) is 12.7 Å². The van der Waals surface area contributed by atoms with Crippen LogP contribution >= 0.6 is 0 Å². The van der Waals surface area contributed by atoms with Crippen LogP contribution in [0.3, 0.4) is 0 Å². The van der Waals surface area contributed by atoms with Gasteiger partial charge in [-0.3, -0.25) is 4.79 Å². The largest absolute Gasteiger partial charge is 0.480 e. The van der Waals surface area contributed by atoms with Crippen molar-refractivity contribution in [3.05, 3.63) is 35.9 Å². The van der Waals surface area contributed by atoms with Crippen molar-refractivity contribution in [1.29, 1.82) is 0 Å². The number of ether oxygens (including phenoxy) is 1. The van der Waals surface area contributed by atoms with Gasteiger partial charge in [-0.15, -0.1) is 0 Å². The summed E-state index contributed by atoms with van der Waals surface area (Å²) in [5.41, 5.74) is 0.874. The molecule has 0 saturated carbocycles. The Kier molecular flexibility index (Phi) is 6.73. The molecule has 0 aliphatic rings. The van der Waals surface area contributed by atoms with Gasteiger partial charge in [-0.1, -0.05) is 30.3 Å². The van der Waals surface area contributed by atoms with Gasteiger partial charge in [0.2, 0.25) is 5.91 Å². The molecule has 0 saturated heterocycles. The number of carbonyl (C=O) groups excluding carboxylic acids is 1. The van der Waals surface area contributed by atoms with Crippen molar-refractivity contribution >= 4 is 11.9 Å². The molecule has 0 spiro atoms. The van der Waals surface area contributed by atoms with Gasteiger partial charge < -0.3 is 15.2 Å². The standard InChI is InChI=1S/C15H21NO4/c1-11(2)20-9-8-14(17)16-13(15(18)19)10-12-6-4-3-5-7-12/h3-7,11,13H,8-10H2,1-2H3,(H,16,17)(H,18,19)/t13-/m1/s1. The second-order valence-corrected chi connectivity index (χ2v) is 4.82. The highest BCUT2D eigenvalue weighted by atomic mass is 16.5. The van der Waals surface area contributed by atoms with Gasteiger partial charge in [0.1, 0.15) is 6.04 Å². The van der Waals surface area contributed by atoms with Crippen molar-refractivity contribution in [1.82, 2.24) is 5.32 Å². The van der Waals surface area contributed by atoms with E-state index < -0.39 is 12.0 Å². The normalized spacial score (nSPS) is 12.2. The third-order valence-corrected chi connectivity index (χ3v) is 2.70. The van der Waals surface area contributed by atoms with Crippen LogP contribution in [0, 0.1) is 0 Å². The van der Waals surface area contributed by atoms with Crippen LogP contribution in [-0.4, -0.2) is 35.7 Å². The molecule has 0 aliphatic carbocycles. The number of nitrogens with one attached hydrogen (secondary N) is 1. The second kappa shape index (κ2) is 8.32. The first-order valence-electron chi connectivity index (χ1n) is 6.66. The van der Waals surface area contributed by atoms with Gasteiger partial charge in [0, 0.05) is 12.8 Å². The van der Waals surface area contributed by atoms with Crippen molar-refractivity contribution in [3.8, 4) is 0 Å². The summed E-state index contributed by atoms with van der Waals surface area (Å²) in [5, 5.41) is 11.7. The third kappa shape index (κ3) is 6.33. The fraction of sp³-hybridized carbons (Fsp3) is 0.467. The molecule has 0 radical (unpaired) electrons. The summed E-state index contributed by atoms with van der Waals surface area (Å²) < 4.78 is 5.26. The minimum Gasteiger partial charge on any atom is -0.480 e. The molecule has 1 atom stereocenters. The average molecular weight is 279 g/mol. The zero-order chi connectivity index (χ0) is 15.0. The first kappa shape index (κ1) is 16.2. The molecule has 110 valence electrons. The Balaban J connectivity index is 2.47. The summed E-state index contributed by atoms with van der Waals surface area (Å²) >= 11 is 0. The van der Waals surface area contributed by atoms with Gasteiger partial charge in [0.15, 0.2) is 0 Å². The van der Waals surface area contributed by atoms with Gasteiger partial charge in [-0.05, 0) is 19.4 Å². The van der Waals surface area contributed by atoms with Crippen LogP contribution < -0.4 is 5.32 Å². The van der Waals surface area contributed by atoms with Crippen LogP contribution in [0.25, 0.3) is 0 Å². The van der Waals surface area contributed by atoms with E-state index in [0.29, 0.717) is 6.61 Å². The Bertz CT molecular complexity index is 431. The lowest BCUT2D eigenvalue weighted by Crippen LogP contribution is -2.42. The minimum absolute atomic E-state index is 0.0578. The van der Waals surface area contributed by atoms with E-state index in [4.69, 9.17) is 9.84 Å². The molecule has 0 fully saturated rings. The SMILES string of the molecule is CC(C)OCCC(=O)N[C@H](Cc1ccccc1)C(=O)O. The molecule has 5 nitrogen and oxygen atoms in total. The van der Waals surface area contributed by atoms with Crippen molar-refractivity contribution in [3.63, 3.8) is 0 Å². The number of rotatable bonds is 8. The molecule has 0 bridgehead atoms. The molecule has 1 aromatic carbocycles. The number of carboxylic acid groups (broad SMARTS) is 1.